The molecule has 0 spiro atoms. The van der Waals surface area contributed by atoms with E-state index in [-0.39, 0.29) is 0 Å². The number of ether oxygens (including phenoxy) is 1. The summed E-state index contributed by atoms with van der Waals surface area (Å²) in [7, 11) is 1.63. The van der Waals surface area contributed by atoms with Crippen molar-refractivity contribution in [2.75, 3.05) is 7.11 Å². The minimum atomic E-state index is 0.500. The molecule has 5 nitrogen and oxygen atoms in total. The van der Waals surface area contributed by atoms with E-state index in [4.69, 9.17) is 4.74 Å². The topological polar surface area (TPSA) is 66.6 Å². The van der Waals surface area contributed by atoms with Gasteiger partial charge in [-0.15, -0.1) is 0 Å². The Kier molecular flexibility index (Phi) is 4.92. The summed E-state index contributed by atoms with van der Waals surface area (Å²) in [5.41, 5.74) is 6.69. The molecule has 0 bridgehead atoms. The van der Waals surface area contributed by atoms with Gasteiger partial charge in [-0.2, -0.15) is 5.26 Å². The number of benzene rings is 2. The van der Waals surface area contributed by atoms with Gasteiger partial charge in [-0.05, 0) is 49.2 Å². The van der Waals surface area contributed by atoms with Crippen molar-refractivity contribution >= 4 is 22.7 Å². The summed E-state index contributed by atoms with van der Waals surface area (Å²) >= 11 is 0. The van der Waals surface area contributed by atoms with E-state index in [1.807, 2.05) is 30.3 Å². The highest BCUT2D eigenvalue weighted by Crippen LogP contribution is 2.25. The molecular formula is C24H22N4O. The quantitative estimate of drug-likeness (QED) is 0.488. The van der Waals surface area contributed by atoms with Crippen LogP contribution in [0.15, 0.2) is 54.6 Å². The molecule has 144 valence electrons. The smallest absolute Gasteiger partial charge is 0.149 e. The SMILES string of the molecule is COc1ccc2nc(/C(C#N)=C\c3cc(C)n(Cc4ccccc4)c3C)[nH]c2c1. The van der Waals surface area contributed by atoms with Gasteiger partial charge in [-0.25, -0.2) is 4.98 Å². The number of aromatic nitrogens is 3. The van der Waals surface area contributed by atoms with Crippen molar-refractivity contribution in [3.63, 3.8) is 0 Å². The molecule has 29 heavy (non-hydrogen) atoms. The summed E-state index contributed by atoms with van der Waals surface area (Å²) in [6.45, 7) is 4.98. The van der Waals surface area contributed by atoms with Gasteiger partial charge in [0.2, 0.25) is 0 Å². The van der Waals surface area contributed by atoms with Gasteiger partial charge < -0.3 is 14.3 Å². The highest BCUT2D eigenvalue weighted by molar-refractivity contribution is 5.91. The molecule has 0 saturated heterocycles. The predicted molar refractivity (Wildman–Crippen MR) is 116 cm³/mol. The van der Waals surface area contributed by atoms with Crippen LogP contribution in [0.4, 0.5) is 0 Å². The largest absolute Gasteiger partial charge is 0.497 e. The van der Waals surface area contributed by atoms with Crippen molar-refractivity contribution in [1.29, 1.82) is 5.26 Å². The second-order valence-corrected chi connectivity index (χ2v) is 7.04. The van der Waals surface area contributed by atoms with Crippen LogP contribution in [0.1, 0.15) is 28.3 Å². The van der Waals surface area contributed by atoms with Gasteiger partial charge in [0.05, 0.1) is 23.7 Å². The first-order valence-corrected chi connectivity index (χ1v) is 9.45. The van der Waals surface area contributed by atoms with E-state index in [2.05, 4.69) is 64.8 Å². The van der Waals surface area contributed by atoms with Crippen molar-refractivity contribution in [2.24, 2.45) is 0 Å². The maximum Gasteiger partial charge on any atom is 0.149 e. The molecule has 0 amide bonds. The number of allylic oxidation sites excluding steroid dienone is 1. The average molecular weight is 382 g/mol. The van der Waals surface area contributed by atoms with Crippen molar-refractivity contribution in [1.82, 2.24) is 14.5 Å². The number of H-pyrrole nitrogens is 1. The Morgan fingerprint density at radius 3 is 2.69 bits per heavy atom. The number of nitriles is 1. The van der Waals surface area contributed by atoms with E-state index in [9.17, 15) is 5.26 Å². The van der Waals surface area contributed by atoms with Crippen molar-refractivity contribution in [3.8, 4) is 11.8 Å². The third kappa shape index (κ3) is 3.65. The number of aryl methyl sites for hydroxylation is 1. The number of hydrogen-bond acceptors (Lipinski definition) is 3. The molecule has 0 unspecified atom stereocenters. The number of fused-ring (bicyclic) bond motifs is 1. The van der Waals surface area contributed by atoms with Crippen LogP contribution in [-0.4, -0.2) is 21.6 Å². The Hall–Kier alpha value is -3.78. The maximum absolute atomic E-state index is 9.76. The summed E-state index contributed by atoms with van der Waals surface area (Å²) in [6.07, 6.45) is 1.90. The molecule has 0 aliphatic heterocycles. The Labute approximate surface area is 169 Å². The van der Waals surface area contributed by atoms with Gasteiger partial charge in [-0.1, -0.05) is 30.3 Å². The van der Waals surface area contributed by atoms with E-state index >= 15 is 0 Å². The van der Waals surface area contributed by atoms with Crippen molar-refractivity contribution < 1.29 is 4.74 Å². The first-order valence-electron chi connectivity index (χ1n) is 9.45. The Balaban J connectivity index is 1.71. The average Bonchev–Trinajstić information content (AvgIpc) is 3.28. The van der Waals surface area contributed by atoms with Crippen molar-refractivity contribution in [2.45, 2.75) is 20.4 Å². The van der Waals surface area contributed by atoms with E-state index < -0.39 is 0 Å². The van der Waals surface area contributed by atoms with Gasteiger partial charge in [0, 0.05) is 24.0 Å². The van der Waals surface area contributed by atoms with E-state index in [1.54, 1.807) is 7.11 Å². The zero-order chi connectivity index (χ0) is 20.4. The molecule has 0 aliphatic rings. The van der Waals surface area contributed by atoms with Crippen LogP contribution in [0.25, 0.3) is 22.7 Å². The van der Waals surface area contributed by atoms with Gasteiger partial charge in [0.25, 0.3) is 0 Å². The summed E-state index contributed by atoms with van der Waals surface area (Å²) in [4.78, 5) is 7.81. The number of rotatable bonds is 5. The Bertz CT molecular complexity index is 1240. The molecule has 5 heteroatoms. The van der Waals surface area contributed by atoms with Gasteiger partial charge in [0.1, 0.15) is 17.6 Å². The van der Waals surface area contributed by atoms with E-state index in [0.29, 0.717) is 11.4 Å². The molecule has 2 aromatic heterocycles. The molecule has 4 rings (SSSR count). The van der Waals surface area contributed by atoms with Crippen LogP contribution >= 0.6 is 0 Å². The first-order chi connectivity index (χ1) is 14.1. The number of hydrogen-bond donors (Lipinski definition) is 1. The molecular weight excluding hydrogens is 360 g/mol. The number of nitrogens with one attached hydrogen (secondary N) is 1. The zero-order valence-electron chi connectivity index (χ0n) is 16.7. The lowest BCUT2D eigenvalue weighted by molar-refractivity contribution is 0.415. The lowest BCUT2D eigenvalue weighted by atomic mass is 10.1. The van der Waals surface area contributed by atoms with Crippen LogP contribution in [-0.2, 0) is 6.54 Å². The standard InChI is InChI=1S/C24H22N4O/c1-16-11-19(17(2)28(16)15-18-7-5-4-6-8-18)12-20(14-25)24-26-22-10-9-21(29-3)13-23(22)27-24/h4-13H,15H2,1-3H3,(H,26,27)/b20-12-. The Morgan fingerprint density at radius 1 is 1.17 bits per heavy atom. The van der Waals surface area contributed by atoms with Crippen LogP contribution in [0.5, 0.6) is 5.75 Å². The fraction of sp³-hybridized carbons (Fsp3) is 0.167. The fourth-order valence-electron chi connectivity index (χ4n) is 3.54. The number of imidazole rings is 1. The van der Waals surface area contributed by atoms with Crippen LogP contribution in [0, 0.1) is 25.2 Å². The van der Waals surface area contributed by atoms with E-state index in [1.165, 1.54) is 5.56 Å². The number of aromatic amines is 1. The third-order valence-electron chi connectivity index (χ3n) is 5.16. The fourth-order valence-corrected chi connectivity index (χ4v) is 3.54. The molecule has 2 heterocycles. The summed E-state index contributed by atoms with van der Waals surface area (Å²) in [6, 6.07) is 20.4. The lowest BCUT2D eigenvalue weighted by Crippen LogP contribution is -2.03. The Morgan fingerprint density at radius 2 is 1.97 bits per heavy atom. The second kappa shape index (κ2) is 7.69. The zero-order valence-corrected chi connectivity index (χ0v) is 16.7. The van der Waals surface area contributed by atoms with Crippen molar-refractivity contribution in [3.05, 3.63) is 82.9 Å². The van der Waals surface area contributed by atoms with Crippen LogP contribution < -0.4 is 4.74 Å². The number of methoxy groups -OCH3 is 1. The van der Waals surface area contributed by atoms with Crippen LogP contribution in [0.3, 0.4) is 0 Å². The van der Waals surface area contributed by atoms with Gasteiger partial charge in [0.15, 0.2) is 0 Å². The first kappa shape index (κ1) is 18.6. The predicted octanol–water partition coefficient (Wildman–Crippen LogP) is 5.10. The molecule has 0 radical (unpaired) electrons. The van der Waals surface area contributed by atoms with E-state index in [0.717, 1.165) is 40.3 Å². The minimum absolute atomic E-state index is 0.500. The lowest BCUT2D eigenvalue weighted by Gasteiger charge is -2.09. The molecule has 0 fully saturated rings. The molecule has 0 saturated carbocycles. The third-order valence-corrected chi connectivity index (χ3v) is 5.16. The maximum atomic E-state index is 9.76. The normalized spacial score (nSPS) is 11.6. The minimum Gasteiger partial charge on any atom is -0.497 e. The molecule has 0 aliphatic carbocycles. The summed E-state index contributed by atoms with van der Waals surface area (Å²) in [5, 5.41) is 9.76. The molecule has 0 atom stereocenters. The highest BCUT2D eigenvalue weighted by atomic mass is 16.5. The number of nitrogens with zero attached hydrogens (tertiary/aromatic N) is 3. The van der Waals surface area contributed by atoms with Crippen LogP contribution in [0.2, 0.25) is 0 Å². The molecule has 1 N–H and O–H groups in total. The summed E-state index contributed by atoms with van der Waals surface area (Å²) in [5.74, 6) is 1.31. The highest BCUT2D eigenvalue weighted by Gasteiger charge is 2.12. The monoisotopic (exact) mass is 382 g/mol. The molecule has 2 aromatic carbocycles. The summed E-state index contributed by atoms with van der Waals surface area (Å²) < 4.78 is 7.53. The molecule has 4 aromatic rings. The van der Waals surface area contributed by atoms with Gasteiger partial charge in [-0.3, -0.25) is 0 Å². The second-order valence-electron chi connectivity index (χ2n) is 7.04. The van der Waals surface area contributed by atoms with Gasteiger partial charge >= 0.3 is 0 Å².